The van der Waals surface area contributed by atoms with Gasteiger partial charge in [0, 0.05) is 30.9 Å². The van der Waals surface area contributed by atoms with Gasteiger partial charge in [-0.2, -0.15) is 0 Å². The lowest BCUT2D eigenvalue weighted by molar-refractivity contribution is 0.112. The highest BCUT2D eigenvalue weighted by Crippen LogP contribution is 2.19. The quantitative estimate of drug-likeness (QED) is 0.713. The molecule has 0 atom stereocenters. The van der Waals surface area contributed by atoms with E-state index in [-0.39, 0.29) is 0 Å². The zero-order chi connectivity index (χ0) is 11.4. The van der Waals surface area contributed by atoms with Crippen molar-refractivity contribution in [2.75, 3.05) is 31.2 Å². The van der Waals surface area contributed by atoms with Crippen molar-refractivity contribution in [1.29, 1.82) is 0 Å². The fraction of sp³-hybridized carbons (Fsp3) is 0.462. The van der Waals surface area contributed by atoms with Gasteiger partial charge in [0.2, 0.25) is 0 Å². The molecule has 3 nitrogen and oxygen atoms in total. The number of aryl methyl sites for hydroxylation is 1. The highest BCUT2D eigenvalue weighted by molar-refractivity contribution is 5.78. The van der Waals surface area contributed by atoms with Gasteiger partial charge in [0.15, 0.2) is 0 Å². The summed E-state index contributed by atoms with van der Waals surface area (Å²) in [5.74, 6) is 0. The molecule has 0 aliphatic carbocycles. The lowest BCUT2D eigenvalue weighted by atomic mass is 10.1. The van der Waals surface area contributed by atoms with Crippen molar-refractivity contribution >= 4 is 12.0 Å². The van der Waals surface area contributed by atoms with E-state index in [9.17, 15) is 4.79 Å². The van der Waals surface area contributed by atoms with E-state index in [1.165, 1.54) is 5.69 Å². The molecule has 0 unspecified atom stereocenters. The van der Waals surface area contributed by atoms with Gasteiger partial charge in [-0.15, -0.1) is 0 Å². The molecular weight excluding hydrogens is 202 g/mol. The van der Waals surface area contributed by atoms with Crippen LogP contribution >= 0.6 is 0 Å². The van der Waals surface area contributed by atoms with E-state index in [1.54, 1.807) is 0 Å². The minimum Gasteiger partial charge on any atom is -0.380 e. The first-order valence-corrected chi connectivity index (χ1v) is 5.70. The van der Waals surface area contributed by atoms with Gasteiger partial charge in [-0.25, -0.2) is 0 Å². The van der Waals surface area contributed by atoms with E-state index in [4.69, 9.17) is 4.74 Å². The third-order valence-electron chi connectivity index (χ3n) is 2.97. The number of nitrogens with zero attached hydrogens (tertiary/aromatic N) is 1. The van der Waals surface area contributed by atoms with Crippen molar-refractivity contribution < 1.29 is 9.53 Å². The Labute approximate surface area is 96.0 Å². The summed E-state index contributed by atoms with van der Waals surface area (Å²) >= 11 is 0. The van der Waals surface area contributed by atoms with Crippen molar-refractivity contribution in [3.63, 3.8) is 0 Å². The normalized spacial score (nSPS) is 16.9. The molecule has 0 N–H and O–H groups in total. The smallest absolute Gasteiger partial charge is 0.150 e. The Balaban J connectivity index is 2.19. The second kappa shape index (κ2) is 5.12. The van der Waals surface area contributed by atoms with Crippen molar-refractivity contribution in [3.8, 4) is 0 Å². The first kappa shape index (κ1) is 11.1. The molecule has 0 spiro atoms. The average Bonchev–Trinajstić information content (AvgIpc) is 2.57. The molecule has 0 radical (unpaired) electrons. The number of anilines is 1. The molecule has 2 rings (SSSR count). The number of benzene rings is 1. The van der Waals surface area contributed by atoms with Crippen LogP contribution in [0.3, 0.4) is 0 Å². The van der Waals surface area contributed by atoms with Crippen molar-refractivity contribution in [2.24, 2.45) is 0 Å². The van der Waals surface area contributed by atoms with Gasteiger partial charge in [-0.3, -0.25) is 4.79 Å². The first-order chi connectivity index (χ1) is 7.81. The van der Waals surface area contributed by atoms with Crippen LogP contribution in [0, 0.1) is 6.92 Å². The highest BCUT2D eigenvalue weighted by Gasteiger charge is 2.10. The van der Waals surface area contributed by atoms with E-state index in [0.717, 1.165) is 50.1 Å². The van der Waals surface area contributed by atoms with E-state index in [2.05, 4.69) is 11.0 Å². The first-order valence-electron chi connectivity index (χ1n) is 5.70. The van der Waals surface area contributed by atoms with Gasteiger partial charge in [0.05, 0.1) is 6.61 Å². The van der Waals surface area contributed by atoms with Crippen LogP contribution < -0.4 is 4.90 Å². The minimum atomic E-state index is 0.773. The number of rotatable bonds is 2. The van der Waals surface area contributed by atoms with Crippen LogP contribution in [-0.4, -0.2) is 32.6 Å². The standard InChI is InChI=1S/C13H17NO2/c1-11-9-13(4-3-12(11)10-15)14-5-2-7-16-8-6-14/h3-4,9-10H,2,5-8H2,1H3. The van der Waals surface area contributed by atoms with Crippen LogP contribution in [0.25, 0.3) is 0 Å². The van der Waals surface area contributed by atoms with Crippen LogP contribution in [0.4, 0.5) is 5.69 Å². The molecule has 86 valence electrons. The molecule has 1 aromatic rings. The summed E-state index contributed by atoms with van der Waals surface area (Å²) in [5.41, 5.74) is 3.00. The van der Waals surface area contributed by atoms with E-state index < -0.39 is 0 Å². The second-order valence-corrected chi connectivity index (χ2v) is 4.11. The molecule has 0 bridgehead atoms. The molecule has 0 amide bonds. The van der Waals surface area contributed by atoms with Crippen LogP contribution in [0.1, 0.15) is 22.3 Å². The van der Waals surface area contributed by atoms with Gasteiger partial charge < -0.3 is 9.64 Å². The Morgan fingerprint density at radius 3 is 2.94 bits per heavy atom. The third-order valence-corrected chi connectivity index (χ3v) is 2.97. The minimum absolute atomic E-state index is 0.773. The lowest BCUT2D eigenvalue weighted by Crippen LogP contribution is -2.25. The van der Waals surface area contributed by atoms with Crippen molar-refractivity contribution in [2.45, 2.75) is 13.3 Å². The Morgan fingerprint density at radius 2 is 2.19 bits per heavy atom. The van der Waals surface area contributed by atoms with Crippen molar-refractivity contribution in [3.05, 3.63) is 29.3 Å². The molecule has 16 heavy (non-hydrogen) atoms. The summed E-state index contributed by atoms with van der Waals surface area (Å²) in [7, 11) is 0. The zero-order valence-electron chi connectivity index (χ0n) is 9.61. The molecule has 1 aliphatic heterocycles. The largest absolute Gasteiger partial charge is 0.380 e. The summed E-state index contributed by atoms with van der Waals surface area (Å²) in [6.45, 7) is 5.57. The number of hydrogen-bond donors (Lipinski definition) is 0. The maximum absolute atomic E-state index is 10.7. The fourth-order valence-electron chi connectivity index (χ4n) is 1.99. The summed E-state index contributed by atoms with van der Waals surface area (Å²) < 4.78 is 5.42. The van der Waals surface area contributed by atoms with E-state index >= 15 is 0 Å². The Bertz CT molecular complexity index is 368. The number of carbonyl (C=O) groups is 1. The van der Waals surface area contributed by atoms with Gasteiger partial charge in [-0.05, 0) is 37.1 Å². The molecule has 1 saturated heterocycles. The van der Waals surface area contributed by atoms with Crippen LogP contribution in [0.5, 0.6) is 0 Å². The maximum Gasteiger partial charge on any atom is 0.150 e. The fourth-order valence-corrected chi connectivity index (χ4v) is 1.99. The number of ether oxygens (including phenoxy) is 1. The van der Waals surface area contributed by atoms with Crippen LogP contribution in [-0.2, 0) is 4.74 Å². The second-order valence-electron chi connectivity index (χ2n) is 4.11. The van der Waals surface area contributed by atoms with Gasteiger partial charge in [0.25, 0.3) is 0 Å². The molecule has 0 aromatic heterocycles. The molecule has 1 fully saturated rings. The molecular formula is C13H17NO2. The summed E-state index contributed by atoms with van der Waals surface area (Å²) in [4.78, 5) is 13.1. The summed E-state index contributed by atoms with van der Waals surface area (Å²) in [6, 6.07) is 5.99. The Hall–Kier alpha value is -1.35. The Morgan fingerprint density at radius 1 is 1.31 bits per heavy atom. The molecule has 1 aliphatic rings. The lowest BCUT2D eigenvalue weighted by Gasteiger charge is -2.22. The summed E-state index contributed by atoms with van der Waals surface area (Å²) in [6.07, 6.45) is 1.97. The van der Waals surface area contributed by atoms with Crippen LogP contribution in [0.2, 0.25) is 0 Å². The third kappa shape index (κ3) is 2.42. The SMILES string of the molecule is Cc1cc(N2CCCOCC2)ccc1C=O. The van der Waals surface area contributed by atoms with Gasteiger partial charge in [-0.1, -0.05) is 0 Å². The van der Waals surface area contributed by atoms with E-state index in [0.29, 0.717) is 0 Å². The number of hydrogen-bond acceptors (Lipinski definition) is 3. The Kier molecular flexibility index (Phi) is 3.57. The average molecular weight is 219 g/mol. The topological polar surface area (TPSA) is 29.5 Å². The predicted molar refractivity (Wildman–Crippen MR) is 64.2 cm³/mol. The summed E-state index contributed by atoms with van der Waals surface area (Å²) in [5, 5.41) is 0. The zero-order valence-corrected chi connectivity index (χ0v) is 9.61. The maximum atomic E-state index is 10.7. The molecule has 1 heterocycles. The van der Waals surface area contributed by atoms with E-state index in [1.807, 2.05) is 19.1 Å². The highest BCUT2D eigenvalue weighted by atomic mass is 16.5. The molecule has 3 heteroatoms. The predicted octanol–water partition coefficient (Wildman–Crippen LogP) is 2.03. The van der Waals surface area contributed by atoms with Crippen LogP contribution in [0.15, 0.2) is 18.2 Å². The number of carbonyl (C=O) groups excluding carboxylic acids is 1. The molecule has 0 saturated carbocycles. The monoisotopic (exact) mass is 219 g/mol. The van der Waals surface area contributed by atoms with Gasteiger partial charge in [0.1, 0.15) is 6.29 Å². The van der Waals surface area contributed by atoms with Crippen molar-refractivity contribution in [1.82, 2.24) is 0 Å². The molecule has 1 aromatic carbocycles. The number of aldehydes is 1. The van der Waals surface area contributed by atoms with Gasteiger partial charge >= 0.3 is 0 Å².